The molecule has 3 rings (SSSR count). The van der Waals surface area contributed by atoms with E-state index in [1.165, 1.54) is 13.0 Å². The van der Waals surface area contributed by atoms with Gasteiger partial charge in [0.2, 0.25) is 0 Å². The van der Waals surface area contributed by atoms with E-state index in [4.69, 9.17) is 15.9 Å². The van der Waals surface area contributed by atoms with Gasteiger partial charge in [-0.1, -0.05) is 31.2 Å². The summed E-state index contributed by atoms with van der Waals surface area (Å²) in [5.41, 5.74) is 14.7. The molecule has 0 saturated carbocycles. The number of amidine groups is 1. The molecule has 41 heavy (non-hydrogen) atoms. The molecule has 0 radical (unpaired) electrons. The van der Waals surface area contributed by atoms with Crippen LogP contribution in [0.2, 0.25) is 0 Å². The number of aryl methyl sites for hydroxylation is 1. The number of carbonyl (C=O) groups is 1. The van der Waals surface area contributed by atoms with Crippen LogP contribution in [-0.4, -0.2) is 24.0 Å². The number of amides is 1. The van der Waals surface area contributed by atoms with Crippen molar-refractivity contribution < 1.29 is 22.7 Å². The first-order valence-corrected chi connectivity index (χ1v) is 12.9. The van der Waals surface area contributed by atoms with Gasteiger partial charge in [-0.2, -0.15) is 13.2 Å². The molecule has 12 heteroatoms. The van der Waals surface area contributed by atoms with Crippen molar-refractivity contribution in [2.45, 2.75) is 58.9 Å². The summed E-state index contributed by atoms with van der Waals surface area (Å²) in [4.78, 5) is 24.7. The highest BCUT2D eigenvalue weighted by molar-refractivity contribution is 5.95. The van der Waals surface area contributed by atoms with Crippen molar-refractivity contribution in [1.82, 2.24) is 5.43 Å². The van der Waals surface area contributed by atoms with Crippen molar-refractivity contribution in [3.8, 4) is 5.75 Å². The number of benzene rings is 3. The minimum Gasteiger partial charge on any atom is -0.489 e. The Labute approximate surface area is 237 Å². The first-order valence-electron chi connectivity index (χ1n) is 12.9. The SMILES string of the molecule is CCCC(F)(F)F.Cc1ccccc1NNC(=O)C(Nc1ccc(C(=N)N)cc1)c1ccc(OC(C)C)c(N=O)c1. The van der Waals surface area contributed by atoms with E-state index in [0.717, 1.165) is 11.3 Å². The predicted molar refractivity (Wildman–Crippen MR) is 155 cm³/mol. The average molecular weight is 573 g/mol. The summed E-state index contributed by atoms with van der Waals surface area (Å²) in [5.74, 6) is -0.0873. The van der Waals surface area contributed by atoms with Crippen LogP contribution in [0.25, 0.3) is 0 Å². The minimum atomic E-state index is -3.95. The van der Waals surface area contributed by atoms with Crippen LogP contribution >= 0.6 is 0 Å². The first kappa shape index (κ1) is 32.6. The number of nitrogens with one attached hydrogen (secondary N) is 4. The molecular formula is C29H35F3N6O3. The molecule has 6 N–H and O–H groups in total. The van der Waals surface area contributed by atoms with Crippen LogP contribution in [0, 0.1) is 17.2 Å². The number of hydrazine groups is 1. The lowest BCUT2D eigenvalue weighted by Gasteiger charge is -2.22. The topological polar surface area (TPSA) is 142 Å². The van der Waals surface area contributed by atoms with Crippen molar-refractivity contribution in [2.24, 2.45) is 10.9 Å². The van der Waals surface area contributed by atoms with Crippen LogP contribution in [0.4, 0.5) is 30.2 Å². The number of rotatable bonds is 11. The quantitative estimate of drug-likeness (QED) is 0.0717. The average Bonchev–Trinajstić information content (AvgIpc) is 2.91. The lowest BCUT2D eigenvalue weighted by molar-refractivity contribution is -0.134. The highest BCUT2D eigenvalue weighted by atomic mass is 19.4. The number of nitrogens with zero attached hydrogens (tertiary/aromatic N) is 1. The Balaban J connectivity index is 0.000000745. The third-order valence-electron chi connectivity index (χ3n) is 5.55. The van der Waals surface area contributed by atoms with Gasteiger partial charge in [-0.15, -0.1) is 4.91 Å². The van der Waals surface area contributed by atoms with Crippen molar-refractivity contribution in [2.75, 3.05) is 10.7 Å². The fraction of sp³-hybridized carbons (Fsp3) is 0.310. The lowest BCUT2D eigenvalue weighted by Crippen LogP contribution is -2.37. The van der Waals surface area contributed by atoms with Crippen molar-refractivity contribution in [1.29, 1.82) is 5.41 Å². The van der Waals surface area contributed by atoms with Gasteiger partial charge in [0.1, 0.15) is 23.3 Å². The highest BCUT2D eigenvalue weighted by Gasteiger charge is 2.25. The Bertz CT molecular complexity index is 1310. The molecule has 1 atom stereocenters. The van der Waals surface area contributed by atoms with Gasteiger partial charge in [-0.05, 0) is 86.0 Å². The van der Waals surface area contributed by atoms with E-state index in [-0.39, 0.29) is 30.0 Å². The standard InChI is InChI=1S/C25H28N6O3.C4H7F3/c1-15(2)34-22-13-10-18(14-21(22)31-33)23(28-19-11-8-17(9-12-19)24(26)27)25(32)30-29-20-7-5-4-6-16(20)3;1-2-3-4(5,6)7/h4-15,23,28-29H,1-3H3,(H3,26,27)(H,30,32);2-3H2,1H3. The van der Waals surface area contributed by atoms with Crippen LogP contribution in [0.15, 0.2) is 71.9 Å². The van der Waals surface area contributed by atoms with Crippen LogP contribution < -0.4 is 26.6 Å². The third kappa shape index (κ3) is 10.8. The van der Waals surface area contributed by atoms with Crippen LogP contribution in [0.3, 0.4) is 0 Å². The number of hydrogen-bond acceptors (Lipinski definition) is 7. The van der Waals surface area contributed by atoms with Crippen LogP contribution in [0.1, 0.15) is 56.3 Å². The number of alkyl halides is 3. The van der Waals surface area contributed by atoms with E-state index in [9.17, 15) is 22.9 Å². The molecule has 0 aliphatic rings. The van der Waals surface area contributed by atoms with Gasteiger partial charge in [0.25, 0.3) is 5.91 Å². The lowest BCUT2D eigenvalue weighted by atomic mass is 10.0. The summed E-state index contributed by atoms with van der Waals surface area (Å²) < 4.78 is 38.8. The number of nitrogens with two attached hydrogens (primary N) is 1. The molecule has 9 nitrogen and oxygen atoms in total. The van der Waals surface area contributed by atoms with E-state index >= 15 is 0 Å². The highest BCUT2D eigenvalue weighted by Crippen LogP contribution is 2.33. The molecule has 0 aliphatic heterocycles. The van der Waals surface area contributed by atoms with Crippen LogP contribution in [0.5, 0.6) is 5.75 Å². The Hall–Kier alpha value is -4.61. The third-order valence-corrected chi connectivity index (χ3v) is 5.55. The van der Waals surface area contributed by atoms with E-state index in [0.29, 0.717) is 22.6 Å². The molecule has 0 fully saturated rings. The molecule has 0 heterocycles. The molecule has 3 aromatic carbocycles. The molecule has 1 unspecified atom stereocenters. The van der Waals surface area contributed by atoms with Gasteiger partial charge in [0, 0.05) is 17.7 Å². The fourth-order valence-electron chi connectivity index (χ4n) is 3.55. The second-order valence-electron chi connectivity index (χ2n) is 9.35. The fourth-order valence-corrected chi connectivity index (χ4v) is 3.55. The van der Waals surface area contributed by atoms with E-state index in [1.54, 1.807) is 36.4 Å². The second kappa shape index (κ2) is 15.2. The number of ether oxygens (including phenoxy) is 1. The number of para-hydroxylation sites is 1. The number of hydrogen-bond donors (Lipinski definition) is 5. The number of carbonyl (C=O) groups excluding carboxylic acids is 1. The molecule has 0 saturated heterocycles. The number of anilines is 2. The molecule has 0 aromatic heterocycles. The van der Waals surface area contributed by atoms with Crippen molar-refractivity contribution in [3.63, 3.8) is 0 Å². The van der Waals surface area contributed by atoms with Gasteiger partial charge < -0.3 is 15.8 Å². The maximum absolute atomic E-state index is 13.2. The zero-order valence-electron chi connectivity index (χ0n) is 23.3. The zero-order valence-corrected chi connectivity index (χ0v) is 23.3. The monoisotopic (exact) mass is 572 g/mol. The van der Waals surface area contributed by atoms with E-state index in [1.807, 2.05) is 45.0 Å². The Morgan fingerprint density at radius 3 is 2.24 bits per heavy atom. The molecule has 0 spiro atoms. The predicted octanol–water partition coefficient (Wildman–Crippen LogP) is 7.11. The number of nitrogen functional groups attached to an aromatic ring is 1. The molecule has 0 bridgehead atoms. The van der Waals surface area contributed by atoms with Gasteiger partial charge in [0.15, 0.2) is 0 Å². The zero-order chi connectivity index (χ0) is 30.6. The molecular weight excluding hydrogens is 537 g/mol. The summed E-state index contributed by atoms with van der Waals surface area (Å²) in [6, 6.07) is 18.4. The molecule has 0 aliphatic carbocycles. The number of halogens is 3. The first-order chi connectivity index (χ1) is 19.3. The van der Waals surface area contributed by atoms with Crippen LogP contribution in [-0.2, 0) is 4.79 Å². The van der Waals surface area contributed by atoms with Gasteiger partial charge in [-0.3, -0.25) is 21.1 Å². The van der Waals surface area contributed by atoms with Crippen molar-refractivity contribution >= 4 is 28.8 Å². The maximum atomic E-state index is 13.2. The number of nitroso groups, excluding NO2 is 1. The Morgan fingerprint density at radius 2 is 1.73 bits per heavy atom. The largest absolute Gasteiger partial charge is 0.489 e. The maximum Gasteiger partial charge on any atom is 0.389 e. The Morgan fingerprint density at radius 1 is 1.07 bits per heavy atom. The summed E-state index contributed by atoms with van der Waals surface area (Å²) >= 11 is 0. The minimum absolute atomic E-state index is 0.0503. The van der Waals surface area contributed by atoms with Gasteiger partial charge >= 0.3 is 6.18 Å². The van der Waals surface area contributed by atoms with Gasteiger partial charge in [-0.25, -0.2) is 0 Å². The van der Waals surface area contributed by atoms with E-state index < -0.39 is 18.6 Å². The Kier molecular flexibility index (Phi) is 12.1. The van der Waals surface area contributed by atoms with E-state index in [2.05, 4.69) is 21.3 Å². The molecule has 3 aromatic rings. The summed E-state index contributed by atoms with van der Waals surface area (Å²) in [6.07, 6.45) is -4.56. The second-order valence-corrected chi connectivity index (χ2v) is 9.35. The molecule has 1 amide bonds. The normalized spacial score (nSPS) is 11.5. The summed E-state index contributed by atoms with van der Waals surface area (Å²) in [6.45, 7) is 7.13. The smallest absolute Gasteiger partial charge is 0.389 e. The van der Waals surface area contributed by atoms with Crippen molar-refractivity contribution in [3.05, 3.63) is 88.3 Å². The summed E-state index contributed by atoms with van der Waals surface area (Å²) in [5, 5.41) is 13.8. The summed E-state index contributed by atoms with van der Waals surface area (Å²) in [7, 11) is 0. The molecule has 220 valence electrons. The van der Waals surface area contributed by atoms with Gasteiger partial charge in [0.05, 0.1) is 11.8 Å².